The van der Waals surface area contributed by atoms with E-state index in [1.165, 1.54) is 11.3 Å². The van der Waals surface area contributed by atoms with Gasteiger partial charge in [0.25, 0.3) is 5.91 Å². The Hall–Kier alpha value is -1.63. The number of fused-ring (bicyclic) bond motifs is 1. The fourth-order valence-corrected chi connectivity index (χ4v) is 3.18. The Morgan fingerprint density at radius 3 is 2.95 bits per heavy atom. The monoisotopic (exact) mass is 381 g/mol. The molecule has 1 aromatic heterocycles. The zero-order chi connectivity index (χ0) is 15.0. The number of nitrogen functional groups attached to an aromatic ring is 1. The van der Waals surface area contributed by atoms with E-state index < -0.39 is 0 Å². The van der Waals surface area contributed by atoms with Crippen LogP contribution in [0.25, 0.3) is 10.2 Å². The summed E-state index contributed by atoms with van der Waals surface area (Å²) in [6, 6.07) is 8.73. The van der Waals surface area contributed by atoms with Crippen LogP contribution in [0, 0.1) is 0 Å². The van der Waals surface area contributed by atoms with Crippen LogP contribution in [0.1, 0.15) is 10.4 Å². The zero-order valence-electron chi connectivity index (χ0n) is 10.6. The van der Waals surface area contributed by atoms with Crippen LogP contribution < -0.4 is 11.1 Å². The molecule has 3 rings (SSSR count). The van der Waals surface area contributed by atoms with E-state index in [1.54, 1.807) is 29.8 Å². The molecule has 106 valence electrons. The summed E-state index contributed by atoms with van der Waals surface area (Å²) in [4.78, 5) is 16.7. The first kappa shape index (κ1) is 14.3. The molecule has 0 aliphatic carbocycles. The van der Waals surface area contributed by atoms with Gasteiger partial charge in [-0.1, -0.05) is 27.5 Å². The van der Waals surface area contributed by atoms with Crippen molar-refractivity contribution in [1.29, 1.82) is 0 Å². The van der Waals surface area contributed by atoms with Crippen molar-refractivity contribution >= 4 is 66.4 Å². The van der Waals surface area contributed by atoms with Crippen LogP contribution in [0.5, 0.6) is 0 Å². The fraction of sp³-hybridized carbons (Fsp3) is 0. The van der Waals surface area contributed by atoms with E-state index in [0.29, 0.717) is 27.5 Å². The number of nitrogens with zero attached hydrogens (tertiary/aromatic N) is 1. The van der Waals surface area contributed by atoms with Gasteiger partial charge in [0.2, 0.25) is 0 Å². The van der Waals surface area contributed by atoms with Gasteiger partial charge in [0.1, 0.15) is 5.52 Å². The fourth-order valence-electron chi connectivity index (χ4n) is 1.93. The maximum absolute atomic E-state index is 12.4. The standard InChI is InChI=1S/C14H9BrClN3OS/c15-7-1-3-10(17)8(5-7)14(20)19-12-9(16)2-4-11-13(12)18-6-21-11/h1-6H,17H2,(H,19,20). The number of benzene rings is 2. The number of hydrogen-bond donors (Lipinski definition) is 2. The highest BCUT2D eigenvalue weighted by molar-refractivity contribution is 9.10. The Morgan fingerprint density at radius 1 is 1.33 bits per heavy atom. The van der Waals surface area contributed by atoms with Gasteiger partial charge in [0.05, 0.1) is 26.5 Å². The first-order chi connectivity index (χ1) is 10.1. The zero-order valence-corrected chi connectivity index (χ0v) is 13.7. The van der Waals surface area contributed by atoms with Gasteiger partial charge in [0, 0.05) is 10.2 Å². The van der Waals surface area contributed by atoms with Crippen LogP contribution in [0.15, 0.2) is 40.3 Å². The van der Waals surface area contributed by atoms with Crippen molar-refractivity contribution in [2.45, 2.75) is 0 Å². The summed E-state index contributed by atoms with van der Waals surface area (Å²) in [6.45, 7) is 0. The summed E-state index contributed by atoms with van der Waals surface area (Å²) in [5.41, 5.74) is 9.52. The Bertz CT molecular complexity index is 849. The molecule has 0 saturated heterocycles. The van der Waals surface area contributed by atoms with Crippen LogP contribution in [0.3, 0.4) is 0 Å². The first-order valence-corrected chi connectivity index (χ1v) is 7.99. The SMILES string of the molecule is Nc1ccc(Br)cc1C(=O)Nc1c(Cl)ccc2scnc12. The highest BCUT2D eigenvalue weighted by atomic mass is 79.9. The molecule has 0 unspecified atom stereocenters. The summed E-state index contributed by atoms with van der Waals surface area (Å²) in [6.07, 6.45) is 0. The third-order valence-corrected chi connectivity index (χ3v) is 4.55. The molecule has 1 heterocycles. The number of thiazole rings is 1. The van der Waals surface area contributed by atoms with E-state index >= 15 is 0 Å². The number of rotatable bonds is 2. The van der Waals surface area contributed by atoms with E-state index in [1.807, 2.05) is 6.07 Å². The maximum Gasteiger partial charge on any atom is 0.257 e. The number of halogens is 2. The molecular weight excluding hydrogens is 374 g/mol. The third-order valence-electron chi connectivity index (χ3n) is 2.95. The second-order valence-corrected chi connectivity index (χ2v) is 6.52. The van der Waals surface area contributed by atoms with Crippen molar-refractivity contribution < 1.29 is 4.79 Å². The number of carbonyl (C=O) groups is 1. The summed E-state index contributed by atoms with van der Waals surface area (Å²) in [5, 5.41) is 3.24. The second-order valence-electron chi connectivity index (χ2n) is 4.31. The Kier molecular flexibility index (Phi) is 3.84. The van der Waals surface area contributed by atoms with Crippen molar-refractivity contribution in [3.63, 3.8) is 0 Å². The van der Waals surface area contributed by atoms with Gasteiger partial charge in [-0.05, 0) is 30.3 Å². The molecule has 21 heavy (non-hydrogen) atoms. The molecule has 0 fully saturated rings. The number of aromatic nitrogens is 1. The molecule has 4 nitrogen and oxygen atoms in total. The van der Waals surface area contributed by atoms with E-state index in [-0.39, 0.29) is 5.91 Å². The number of hydrogen-bond acceptors (Lipinski definition) is 4. The van der Waals surface area contributed by atoms with Gasteiger partial charge >= 0.3 is 0 Å². The second kappa shape index (κ2) is 5.63. The molecule has 0 aliphatic rings. The van der Waals surface area contributed by atoms with E-state index in [0.717, 1.165) is 9.17 Å². The van der Waals surface area contributed by atoms with Crippen LogP contribution in [0.2, 0.25) is 5.02 Å². The summed E-state index contributed by atoms with van der Waals surface area (Å²) < 4.78 is 1.73. The largest absolute Gasteiger partial charge is 0.398 e. The van der Waals surface area contributed by atoms with E-state index in [4.69, 9.17) is 17.3 Å². The van der Waals surface area contributed by atoms with Crippen molar-refractivity contribution in [2.24, 2.45) is 0 Å². The predicted molar refractivity (Wildman–Crippen MR) is 91.1 cm³/mol. The minimum absolute atomic E-state index is 0.323. The Balaban J connectivity index is 2.02. The van der Waals surface area contributed by atoms with Gasteiger partial charge in [-0.15, -0.1) is 11.3 Å². The lowest BCUT2D eigenvalue weighted by molar-refractivity contribution is 0.102. The molecule has 1 amide bonds. The summed E-state index contributed by atoms with van der Waals surface area (Å²) in [7, 11) is 0. The quantitative estimate of drug-likeness (QED) is 0.639. The van der Waals surface area contributed by atoms with E-state index in [9.17, 15) is 4.79 Å². The lowest BCUT2D eigenvalue weighted by Gasteiger charge is -2.10. The lowest BCUT2D eigenvalue weighted by Crippen LogP contribution is -2.14. The molecule has 0 saturated carbocycles. The number of nitrogens with one attached hydrogen (secondary N) is 1. The van der Waals surface area contributed by atoms with Crippen LogP contribution in [-0.2, 0) is 0 Å². The Morgan fingerprint density at radius 2 is 2.14 bits per heavy atom. The predicted octanol–water partition coefficient (Wildman–Crippen LogP) is 4.55. The molecule has 0 bridgehead atoms. The first-order valence-electron chi connectivity index (χ1n) is 5.94. The molecule has 0 aliphatic heterocycles. The maximum atomic E-state index is 12.4. The number of anilines is 2. The number of carbonyl (C=O) groups excluding carboxylic acids is 1. The van der Waals surface area contributed by atoms with Crippen LogP contribution in [0.4, 0.5) is 11.4 Å². The average molecular weight is 383 g/mol. The van der Waals surface area contributed by atoms with Gasteiger partial charge in [-0.25, -0.2) is 4.98 Å². The molecule has 2 aromatic carbocycles. The van der Waals surface area contributed by atoms with Crippen LogP contribution in [-0.4, -0.2) is 10.9 Å². The smallest absolute Gasteiger partial charge is 0.257 e. The normalized spacial score (nSPS) is 10.8. The van der Waals surface area contributed by atoms with Gasteiger partial charge in [-0.2, -0.15) is 0 Å². The minimum Gasteiger partial charge on any atom is -0.398 e. The number of nitrogens with two attached hydrogens (primary N) is 1. The Labute approximate surface area is 138 Å². The highest BCUT2D eigenvalue weighted by Crippen LogP contribution is 2.33. The van der Waals surface area contributed by atoms with Crippen molar-refractivity contribution in [3.05, 3.63) is 50.9 Å². The molecule has 7 heteroatoms. The number of amides is 1. The lowest BCUT2D eigenvalue weighted by atomic mass is 10.1. The average Bonchev–Trinajstić information content (AvgIpc) is 2.93. The van der Waals surface area contributed by atoms with Crippen LogP contribution >= 0.6 is 38.9 Å². The minimum atomic E-state index is -0.323. The topological polar surface area (TPSA) is 68.0 Å². The molecule has 0 spiro atoms. The van der Waals surface area contributed by atoms with Gasteiger partial charge < -0.3 is 11.1 Å². The van der Waals surface area contributed by atoms with Gasteiger partial charge in [0.15, 0.2) is 0 Å². The summed E-state index contributed by atoms with van der Waals surface area (Å²) in [5.74, 6) is -0.323. The third kappa shape index (κ3) is 2.74. The molecule has 0 atom stereocenters. The molecule has 3 aromatic rings. The van der Waals surface area contributed by atoms with Gasteiger partial charge in [-0.3, -0.25) is 4.79 Å². The van der Waals surface area contributed by atoms with Crippen molar-refractivity contribution in [3.8, 4) is 0 Å². The van der Waals surface area contributed by atoms with Crippen molar-refractivity contribution in [2.75, 3.05) is 11.1 Å². The molecule has 0 radical (unpaired) electrons. The highest BCUT2D eigenvalue weighted by Gasteiger charge is 2.15. The summed E-state index contributed by atoms with van der Waals surface area (Å²) >= 11 is 11.0. The van der Waals surface area contributed by atoms with E-state index in [2.05, 4.69) is 26.2 Å². The molecular formula is C14H9BrClN3OS. The van der Waals surface area contributed by atoms with Crippen molar-refractivity contribution in [1.82, 2.24) is 4.98 Å². The molecule has 3 N–H and O–H groups in total.